The predicted molar refractivity (Wildman–Crippen MR) is 46.8 cm³/mol. The lowest BCUT2D eigenvalue weighted by molar-refractivity contribution is -0.138. The molecule has 0 aromatic carbocycles. The van der Waals surface area contributed by atoms with Gasteiger partial charge < -0.3 is 10.8 Å². The van der Waals surface area contributed by atoms with E-state index in [0.29, 0.717) is 6.67 Å². The van der Waals surface area contributed by atoms with E-state index >= 15 is 0 Å². The minimum absolute atomic E-state index is 0.0818. The van der Waals surface area contributed by atoms with Gasteiger partial charge in [0.2, 0.25) is 0 Å². The molecule has 0 aromatic heterocycles. The van der Waals surface area contributed by atoms with Crippen LogP contribution >= 0.6 is 0 Å². The maximum atomic E-state index is 10.2. The third-order valence-electron chi connectivity index (χ3n) is 1.58. The minimum atomic E-state index is -0.798. The van der Waals surface area contributed by atoms with Crippen molar-refractivity contribution >= 4 is 5.97 Å². The monoisotopic (exact) mass is 175 g/mol. The lowest BCUT2D eigenvalue weighted by Crippen LogP contribution is -2.36. The highest BCUT2D eigenvalue weighted by Gasteiger charge is 2.04. The first-order valence-corrected chi connectivity index (χ1v) is 3.85. The number of carbonyl (C=O) groups is 1. The van der Waals surface area contributed by atoms with Crippen LogP contribution in [-0.4, -0.2) is 61.3 Å². The van der Waals surface area contributed by atoms with Crippen molar-refractivity contribution in [3.63, 3.8) is 0 Å². The van der Waals surface area contributed by atoms with Gasteiger partial charge in [-0.3, -0.25) is 14.6 Å². The second kappa shape index (κ2) is 5.93. The SMILES string of the molecule is CN(CN)CCN(C)CC(=O)O. The average Bonchev–Trinajstić information content (AvgIpc) is 1.99. The number of hydrogen-bond acceptors (Lipinski definition) is 4. The van der Waals surface area contributed by atoms with Gasteiger partial charge >= 0.3 is 5.97 Å². The van der Waals surface area contributed by atoms with E-state index in [1.165, 1.54) is 0 Å². The Kier molecular flexibility index (Phi) is 5.61. The van der Waals surface area contributed by atoms with Gasteiger partial charge in [-0.15, -0.1) is 0 Å². The summed E-state index contributed by atoms with van der Waals surface area (Å²) in [6, 6.07) is 0. The zero-order chi connectivity index (χ0) is 9.56. The standard InChI is InChI=1S/C7H17N3O2/c1-9(5-7(11)12)3-4-10(2)6-8/h3-6,8H2,1-2H3,(H,11,12). The van der Waals surface area contributed by atoms with Gasteiger partial charge in [0, 0.05) is 19.8 Å². The zero-order valence-electron chi connectivity index (χ0n) is 7.66. The molecule has 0 aromatic rings. The Morgan fingerprint density at radius 3 is 2.25 bits per heavy atom. The highest BCUT2D eigenvalue weighted by molar-refractivity contribution is 5.68. The van der Waals surface area contributed by atoms with E-state index in [-0.39, 0.29) is 6.54 Å². The van der Waals surface area contributed by atoms with Crippen LogP contribution in [0.2, 0.25) is 0 Å². The summed E-state index contributed by atoms with van der Waals surface area (Å²) in [4.78, 5) is 13.9. The van der Waals surface area contributed by atoms with Crippen molar-refractivity contribution in [2.45, 2.75) is 0 Å². The number of hydrogen-bond donors (Lipinski definition) is 2. The van der Waals surface area contributed by atoms with E-state index in [1.54, 1.807) is 11.9 Å². The summed E-state index contributed by atoms with van der Waals surface area (Å²) in [6.07, 6.45) is 0. The minimum Gasteiger partial charge on any atom is -0.480 e. The lowest BCUT2D eigenvalue weighted by Gasteiger charge is -2.18. The number of nitrogens with two attached hydrogens (primary N) is 1. The van der Waals surface area contributed by atoms with Gasteiger partial charge in [-0.1, -0.05) is 0 Å². The zero-order valence-corrected chi connectivity index (χ0v) is 7.66. The van der Waals surface area contributed by atoms with Crippen LogP contribution in [0.4, 0.5) is 0 Å². The van der Waals surface area contributed by atoms with Crippen LogP contribution in [0.3, 0.4) is 0 Å². The van der Waals surface area contributed by atoms with Crippen molar-refractivity contribution in [1.29, 1.82) is 0 Å². The smallest absolute Gasteiger partial charge is 0.317 e. The molecule has 3 N–H and O–H groups in total. The molecule has 0 amide bonds. The maximum absolute atomic E-state index is 10.2. The first kappa shape index (κ1) is 11.4. The number of aliphatic carboxylic acids is 1. The van der Waals surface area contributed by atoms with Crippen LogP contribution in [-0.2, 0) is 4.79 Å². The molecule has 0 rings (SSSR count). The fraction of sp³-hybridized carbons (Fsp3) is 0.857. The van der Waals surface area contributed by atoms with E-state index < -0.39 is 5.97 Å². The van der Waals surface area contributed by atoms with E-state index in [1.807, 2.05) is 11.9 Å². The lowest BCUT2D eigenvalue weighted by atomic mass is 10.5. The van der Waals surface area contributed by atoms with Crippen molar-refractivity contribution in [3.8, 4) is 0 Å². The molecule has 5 heteroatoms. The summed E-state index contributed by atoms with van der Waals surface area (Å²) in [5.74, 6) is -0.798. The Morgan fingerprint density at radius 2 is 1.83 bits per heavy atom. The normalized spacial score (nSPS) is 11.1. The van der Waals surface area contributed by atoms with E-state index in [0.717, 1.165) is 13.1 Å². The number of carboxylic acids is 1. The van der Waals surface area contributed by atoms with Crippen LogP contribution in [0, 0.1) is 0 Å². The molecular weight excluding hydrogens is 158 g/mol. The summed E-state index contributed by atoms with van der Waals surface area (Å²) in [6.45, 7) is 2.10. The first-order valence-electron chi connectivity index (χ1n) is 3.85. The molecule has 0 bridgehead atoms. The van der Waals surface area contributed by atoms with Crippen LogP contribution in [0.25, 0.3) is 0 Å². The van der Waals surface area contributed by atoms with E-state index in [2.05, 4.69) is 0 Å². The summed E-state index contributed by atoms with van der Waals surface area (Å²) in [5.41, 5.74) is 5.35. The molecule has 0 atom stereocenters. The molecule has 72 valence electrons. The molecule has 0 radical (unpaired) electrons. The fourth-order valence-corrected chi connectivity index (χ4v) is 0.743. The number of likely N-dealkylation sites (N-methyl/N-ethyl adjacent to an activating group) is 2. The summed E-state index contributed by atoms with van der Waals surface area (Å²) in [7, 11) is 3.67. The Bertz CT molecular complexity index is 141. The molecule has 0 aliphatic carbocycles. The quantitative estimate of drug-likeness (QED) is 0.499. The number of rotatable bonds is 6. The summed E-state index contributed by atoms with van der Waals surface area (Å²) in [5, 5.41) is 8.43. The molecule has 0 heterocycles. The first-order chi connectivity index (χ1) is 5.56. The molecule has 0 fully saturated rings. The number of carboxylic acid groups (broad SMARTS) is 1. The molecule has 0 saturated carbocycles. The second-order valence-corrected chi connectivity index (χ2v) is 2.89. The predicted octanol–water partition coefficient (Wildman–Crippen LogP) is -1.15. The van der Waals surface area contributed by atoms with Gasteiger partial charge in [0.15, 0.2) is 0 Å². The van der Waals surface area contributed by atoms with Gasteiger partial charge in [-0.25, -0.2) is 0 Å². The van der Waals surface area contributed by atoms with Gasteiger partial charge in [0.05, 0.1) is 6.54 Å². The Balaban J connectivity index is 3.43. The van der Waals surface area contributed by atoms with Gasteiger partial charge in [-0.2, -0.15) is 0 Å². The highest BCUT2D eigenvalue weighted by atomic mass is 16.4. The largest absolute Gasteiger partial charge is 0.480 e. The van der Waals surface area contributed by atoms with Gasteiger partial charge in [-0.05, 0) is 14.1 Å². The molecule has 0 aliphatic rings. The molecule has 0 saturated heterocycles. The maximum Gasteiger partial charge on any atom is 0.317 e. The van der Waals surface area contributed by atoms with Crippen LogP contribution < -0.4 is 5.73 Å². The van der Waals surface area contributed by atoms with Crippen molar-refractivity contribution in [2.24, 2.45) is 5.73 Å². The molecule has 0 aliphatic heterocycles. The molecule has 0 unspecified atom stereocenters. The van der Waals surface area contributed by atoms with E-state index in [4.69, 9.17) is 10.8 Å². The molecule has 0 spiro atoms. The van der Waals surface area contributed by atoms with Crippen LogP contribution in [0.5, 0.6) is 0 Å². The molecule has 5 nitrogen and oxygen atoms in total. The van der Waals surface area contributed by atoms with Crippen molar-refractivity contribution in [3.05, 3.63) is 0 Å². The van der Waals surface area contributed by atoms with Gasteiger partial charge in [0.25, 0.3) is 0 Å². The Labute approximate surface area is 72.7 Å². The van der Waals surface area contributed by atoms with Crippen LogP contribution in [0.1, 0.15) is 0 Å². The highest BCUT2D eigenvalue weighted by Crippen LogP contribution is 1.84. The van der Waals surface area contributed by atoms with Crippen LogP contribution in [0.15, 0.2) is 0 Å². The van der Waals surface area contributed by atoms with Crippen molar-refractivity contribution in [1.82, 2.24) is 9.80 Å². The second-order valence-electron chi connectivity index (χ2n) is 2.89. The Hall–Kier alpha value is -0.650. The van der Waals surface area contributed by atoms with Crippen molar-refractivity contribution in [2.75, 3.05) is 40.4 Å². The third-order valence-corrected chi connectivity index (χ3v) is 1.58. The summed E-state index contributed by atoms with van der Waals surface area (Å²) < 4.78 is 0. The Morgan fingerprint density at radius 1 is 1.33 bits per heavy atom. The fourth-order valence-electron chi connectivity index (χ4n) is 0.743. The van der Waals surface area contributed by atoms with Crippen molar-refractivity contribution < 1.29 is 9.90 Å². The summed E-state index contributed by atoms with van der Waals surface area (Å²) >= 11 is 0. The topological polar surface area (TPSA) is 69.8 Å². The third kappa shape index (κ3) is 6.09. The molecule has 12 heavy (non-hydrogen) atoms. The van der Waals surface area contributed by atoms with E-state index in [9.17, 15) is 4.79 Å². The van der Waals surface area contributed by atoms with Gasteiger partial charge in [0.1, 0.15) is 0 Å². The molecular formula is C7H17N3O2. The average molecular weight is 175 g/mol. The number of nitrogens with zero attached hydrogens (tertiary/aromatic N) is 2.